The predicted octanol–water partition coefficient (Wildman–Crippen LogP) is 5.12. The Bertz CT molecular complexity index is 1200. The summed E-state index contributed by atoms with van der Waals surface area (Å²) in [6.45, 7) is 2.02. The molecule has 6 heteroatoms. The number of nitrogens with zero attached hydrogens (tertiary/aromatic N) is 2. The second-order valence-electron chi connectivity index (χ2n) is 7.06. The highest BCUT2D eigenvalue weighted by Crippen LogP contribution is 2.31. The highest BCUT2D eigenvalue weighted by Gasteiger charge is 2.20. The quantitative estimate of drug-likeness (QED) is 0.477. The zero-order valence-corrected chi connectivity index (χ0v) is 17.6. The first-order chi connectivity index (χ1) is 15.1. The van der Waals surface area contributed by atoms with E-state index in [9.17, 15) is 4.79 Å². The predicted molar refractivity (Wildman–Crippen MR) is 121 cm³/mol. The molecule has 0 saturated carbocycles. The van der Waals surface area contributed by atoms with Gasteiger partial charge in [-0.25, -0.2) is 4.68 Å². The van der Waals surface area contributed by atoms with Crippen LogP contribution in [0.1, 0.15) is 15.9 Å². The first-order valence-corrected chi connectivity index (χ1v) is 9.84. The van der Waals surface area contributed by atoms with Crippen LogP contribution in [0.3, 0.4) is 0 Å². The molecule has 0 atom stereocenters. The number of para-hydroxylation sites is 1. The highest BCUT2D eigenvalue weighted by molar-refractivity contribution is 6.08. The Morgan fingerprint density at radius 2 is 1.68 bits per heavy atom. The number of ether oxygens (including phenoxy) is 2. The van der Waals surface area contributed by atoms with Gasteiger partial charge in [0.1, 0.15) is 17.2 Å². The molecule has 0 saturated heterocycles. The van der Waals surface area contributed by atoms with Crippen molar-refractivity contribution in [1.29, 1.82) is 0 Å². The second kappa shape index (κ2) is 8.75. The van der Waals surface area contributed by atoms with Crippen molar-refractivity contribution in [1.82, 2.24) is 9.78 Å². The number of amides is 1. The summed E-state index contributed by atoms with van der Waals surface area (Å²) in [5.74, 6) is 0.883. The molecule has 4 aromatic rings. The van der Waals surface area contributed by atoms with Gasteiger partial charge in [-0.1, -0.05) is 48.0 Å². The molecule has 0 fully saturated rings. The molecule has 1 heterocycles. The first-order valence-electron chi connectivity index (χ1n) is 9.84. The lowest BCUT2D eigenvalue weighted by Crippen LogP contribution is -2.13. The zero-order valence-electron chi connectivity index (χ0n) is 17.6. The van der Waals surface area contributed by atoms with Gasteiger partial charge in [0, 0.05) is 17.8 Å². The number of hydrogen-bond acceptors (Lipinski definition) is 4. The number of aryl methyl sites for hydroxylation is 1. The summed E-state index contributed by atoms with van der Waals surface area (Å²) in [4.78, 5) is 13.3. The number of anilines is 1. The number of hydrogen-bond donors (Lipinski definition) is 1. The van der Waals surface area contributed by atoms with Gasteiger partial charge < -0.3 is 14.8 Å². The number of benzene rings is 3. The van der Waals surface area contributed by atoms with Crippen LogP contribution in [-0.2, 0) is 0 Å². The molecule has 0 bridgehead atoms. The first kappa shape index (κ1) is 20.2. The standard InChI is InChI=1S/C25H23N3O3/c1-17-9-11-18(12-10-17)24-21(16-28(27-24)19-7-5-4-6-8-19)25(29)26-22-14-13-20(30-2)15-23(22)31-3/h4-16H,1-3H3,(H,26,29). The topological polar surface area (TPSA) is 65.4 Å². The summed E-state index contributed by atoms with van der Waals surface area (Å²) in [6, 6.07) is 22.9. The number of carbonyl (C=O) groups excluding carboxylic acids is 1. The van der Waals surface area contributed by atoms with Crippen LogP contribution < -0.4 is 14.8 Å². The van der Waals surface area contributed by atoms with Gasteiger partial charge in [0.15, 0.2) is 0 Å². The third-order valence-corrected chi connectivity index (χ3v) is 4.96. The summed E-state index contributed by atoms with van der Waals surface area (Å²) in [6.07, 6.45) is 1.75. The minimum Gasteiger partial charge on any atom is -0.497 e. The van der Waals surface area contributed by atoms with Crippen molar-refractivity contribution in [2.75, 3.05) is 19.5 Å². The summed E-state index contributed by atoms with van der Waals surface area (Å²) in [5.41, 5.74) is 4.50. The van der Waals surface area contributed by atoms with Gasteiger partial charge in [-0.05, 0) is 31.2 Å². The summed E-state index contributed by atoms with van der Waals surface area (Å²) >= 11 is 0. The Balaban J connectivity index is 1.75. The maximum atomic E-state index is 13.3. The van der Waals surface area contributed by atoms with Gasteiger partial charge in [0.2, 0.25) is 0 Å². The summed E-state index contributed by atoms with van der Waals surface area (Å²) in [7, 11) is 3.13. The van der Waals surface area contributed by atoms with E-state index in [4.69, 9.17) is 14.6 Å². The molecular weight excluding hydrogens is 390 g/mol. The molecule has 31 heavy (non-hydrogen) atoms. The Kier molecular flexibility index (Phi) is 5.71. The van der Waals surface area contributed by atoms with Gasteiger partial charge >= 0.3 is 0 Å². The van der Waals surface area contributed by atoms with E-state index in [1.807, 2.05) is 61.5 Å². The van der Waals surface area contributed by atoms with Crippen molar-refractivity contribution >= 4 is 11.6 Å². The van der Waals surface area contributed by atoms with Crippen LogP contribution in [-0.4, -0.2) is 29.9 Å². The van der Waals surface area contributed by atoms with E-state index in [1.165, 1.54) is 0 Å². The molecule has 1 N–H and O–H groups in total. The van der Waals surface area contributed by atoms with Gasteiger partial charge in [-0.3, -0.25) is 4.79 Å². The third kappa shape index (κ3) is 4.28. The minimum atomic E-state index is -0.277. The number of carbonyl (C=O) groups is 1. The fourth-order valence-corrected chi connectivity index (χ4v) is 3.27. The smallest absolute Gasteiger partial charge is 0.259 e. The molecule has 0 aliphatic carbocycles. The Labute approximate surface area is 181 Å². The van der Waals surface area contributed by atoms with Crippen molar-refractivity contribution in [2.24, 2.45) is 0 Å². The van der Waals surface area contributed by atoms with Crippen molar-refractivity contribution in [3.63, 3.8) is 0 Å². The lowest BCUT2D eigenvalue weighted by atomic mass is 10.1. The van der Waals surface area contributed by atoms with Crippen molar-refractivity contribution in [3.8, 4) is 28.4 Å². The SMILES string of the molecule is COc1ccc(NC(=O)c2cn(-c3ccccc3)nc2-c2ccc(C)cc2)c(OC)c1. The molecule has 0 radical (unpaired) electrons. The molecule has 6 nitrogen and oxygen atoms in total. The number of rotatable bonds is 6. The molecular formula is C25H23N3O3. The molecule has 0 aliphatic rings. The third-order valence-electron chi connectivity index (χ3n) is 4.96. The molecule has 0 spiro atoms. The largest absolute Gasteiger partial charge is 0.497 e. The molecule has 1 aromatic heterocycles. The van der Waals surface area contributed by atoms with E-state index in [0.29, 0.717) is 28.4 Å². The van der Waals surface area contributed by atoms with Crippen LogP contribution >= 0.6 is 0 Å². The lowest BCUT2D eigenvalue weighted by molar-refractivity contribution is 0.102. The van der Waals surface area contributed by atoms with Crippen LogP contribution in [0.5, 0.6) is 11.5 Å². The highest BCUT2D eigenvalue weighted by atomic mass is 16.5. The molecule has 0 aliphatic heterocycles. The van der Waals surface area contributed by atoms with Gasteiger partial charge in [0.05, 0.1) is 31.2 Å². The minimum absolute atomic E-state index is 0.277. The Morgan fingerprint density at radius 3 is 2.35 bits per heavy atom. The van der Waals surface area contributed by atoms with Crippen LogP contribution in [0.2, 0.25) is 0 Å². The van der Waals surface area contributed by atoms with Crippen molar-refractivity contribution in [2.45, 2.75) is 6.92 Å². The van der Waals surface area contributed by atoms with Gasteiger partial charge in [-0.15, -0.1) is 0 Å². The van der Waals surface area contributed by atoms with E-state index in [-0.39, 0.29) is 5.91 Å². The van der Waals surface area contributed by atoms with E-state index in [2.05, 4.69) is 5.32 Å². The molecule has 3 aromatic carbocycles. The van der Waals surface area contributed by atoms with E-state index >= 15 is 0 Å². The van der Waals surface area contributed by atoms with Crippen LogP contribution in [0.15, 0.2) is 79.0 Å². The molecule has 4 rings (SSSR count). The van der Waals surface area contributed by atoms with Crippen LogP contribution in [0.25, 0.3) is 16.9 Å². The summed E-state index contributed by atoms with van der Waals surface area (Å²) < 4.78 is 12.4. The molecule has 156 valence electrons. The maximum Gasteiger partial charge on any atom is 0.259 e. The Morgan fingerprint density at radius 1 is 0.935 bits per heavy atom. The fourth-order valence-electron chi connectivity index (χ4n) is 3.27. The van der Waals surface area contributed by atoms with Gasteiger partial charge in [-0.2, -0.15) is 5.10 Å². The van der Waals surface area contributed by atoms with Crippen molar-refractivity contribution in [3.05, 3.63) is 90.1 Å². The molecule has 1 amide bonds. The average molecular weight is 413 g/mol. The normalized spacial score (nSPS) is 10.5. The van der Waals surface area contributed by atoms with Crippen molar-refractivity contribution < 1.29 is 14.3 Å². The number of nitrogens with one attached hydrogen (secondary N) is 1. The lowest BCUT2D eigenvalue weighted by Gasteiger charge is -2.11. The zero-order chi connectivity index (χ0) is 21.8. The van der Waals surface area contributed by atoms with Crippen LogP contribution in [0.4, 0.5) is 5.69 Å². The Hall–Kier alpha value is -4.06. The fraction of sp³-hybridized carbons (Fsp3) is 0.120. The van der Waals surface area contributed by atoms with E-state index in [0.717, 1.165) is 16.8 Å². The van der Waals surface area contributed by atoms with Crippen LogP contribution in [0, 0.1) is 6.92 Å². The monoisotopic (exact) mass is 413 g/mol. The number of aromatic nitrogens is 2. The van der Waals surface area contributed by atoms with Gasteiger partial charge in [0.25, 0.3) is 5.91 Å². The molecule has 0 unspecified atom stereocenters. The second-order valence-corrected chi connectivity index (χ2v) is 7.06. The van der Waals surface area contributed by atoms with E-state index < -0.39 is 0 Å². The summed E-state index contributed by atoms with van der Waals surface area (Å²) in [5, 5.41) is 7.66. The maximum absolute atomic E-state index is 13.3. The average Bonchev–Trinajstić information content (AvgIpc) is 3.26. The number of methoxy groups -OCH3 is 2. The van der Waals surface area contributed by atoms with E-state index in [1.54, 1.807) is 43.3 Å².